The number of H-pyrrole nitrogens is 2. The number of phenols is 1. The Morgan fingerprint density at radius 3 is 1.57 bits per heavy atom. The molecule has 2 saturated heterocycles. The summed E-state index contributed by atoms with van der Waals surface area (Å²) in [6.45, 7) is 13.0. The van der Waals surface area contributed by atoms with Crippen LogP contribution in [0.5, 0.6) is 5.75 Å². The van der Waals surface area contributed by atoms with Crippen molar-refractivity contribution in [3.8, 4) is 5.75 Å². The van der Waals surface area contributed by atoms with Gasteiger partial charge in [-0.15, -0.1) is 0 Å². The number of hydrogen-bond donors (Lipinski definition) is 13. The van der Waals surface area contributed by atoms with Crippen LogP contribution in [0.2, 0.25) is 0 Å². The molecular formula is C91H141N13O26S. The van der Waals surface area contributed by atoms with Gasteiger partial charge in [0.05, 0.1) is 214 Å². The minimum Gasteiger partial charge on any atom is -0.508 e. The lowest BCUT2D eigenvalue weighted by Crippen LogP contribution is -2.50. The SMILES string of the molecule is CC(C)C[C@H](NC(=O)[C@@H](CCCCNC(=O)CCOCCOCCOCCOCCOCCOCCOCCOCCOCCOCCOCCOCCS)CC(=O)[C@H](Cc1ccc(O)cc1)NC(=O)[C@H](CO)CC(=O)[C@H](Cc1c[nH]c2ccccc12)NC(=O)[C@@H](CC(=O)C1CCC(=O)N1)Cc1cnc[nH]1)C(=O)C[C@@H](CCCN=C(N)N)C(=O)N1CCCC1C(=O)CCC(N)=O. The fourth-order valence-electron chi connectivity index (χ4n) is 14.8. The molecule has 732 valence electrons. The van der Waals surface area contributed by atoms with Gasteiger partial charge in [-0.05, 0) is 93.0 Å². The lowest BCUT2D eigenvalue weighted by Gasteiger charge is -2.29. The quantitative estimate of drug-likeness (QED) is 0.0131. The Morgan fingerprint density at radius 2 is 1.05 bits per heavy atom. The number of ketones is 5. The third kappa shape index (κ3) is 46.3. The Bertz CT molecular complexity index is 4050. The molecule has 131 heavy (non-hydrogen) atoms. The molecule has 6 rings (SSSR count). The van der Waals surface area contributed by atoms with E-state index in [-0.39, 0.29) is 177 Å². The highest BCUT2D eigenvalue weighted by Crippen LogP contribution is 2.29. The number of ether oxygens (including phenoxy) is 12. The molecular weight excluding hydrogens is 1720 g/mol. The number of likely N-dealkylation sites (tertiary alicyclic amines) is 1. The van der Waals surface area contributed by atoms with Crippen LogP contribution in [0.3, 0.4) is 0 Å². The monoisotopic (exact) mass is 1860 g/mol. The minimum absolute atomic E-state index is 0.00339. The first-order valence-electron chi connectivity index (χ1n) is 45.6. The van der Waals surface area contributed by atoms with Gasteiger partial charge in [0.15, 0.2) is 34.9 Å². The number of aliphatic imine (C=N–C) groups is 1. The van der Waals surface area contributed by atoms with Crippen molar-refractivity contribution < 1.29 is 125 Å². The van der Waals surface area contributed by atoms with Crippen LogP contribution in [0.25, 0.3) is 10.9 Å². The average molecular weight is 1870 g/mol. The van der Waals surface area contributed by atoms with Crippen LogP contribution in [0.4, 0.5) is 0 Å². The van der Waals surface area contributed by atoms with E-state index in [0.29, 0.717) is 181 Å². The van der Waals surface area contributed by atoms with Gasteiger partial charge in [0.25, 0.3) is 0 Å². The molecule has 4 heterocycles. The second-order valence-electron chi connectivity index (χ2n) is 32.6. The Balaban J connectivity index is 1.02. The van der Waals surface area contributed by atoms with Crippen LogP contribution in [-0.2, 0) is 134 Å². The zero-order valence-electron chi connectivity index (χ0n) is 76.0. The van der Waals surface area contributed by atoms with Crippen LogP contribution < -0.4 is 43.8 Å². The number of Topliss-reactive ketones (excluding diaryl/α,β-unsaturated/α-hetero) is 5. The number of benzene rings is 2. The molecule has 2 aromatic heterocycles. The van der Waals surface area contributed by atoms with E-state index < -0.39 is 120 Å². The van der Waals surface area contributed by atoms with Gasteiger partial charge in [-0.2, -0.15) is 12.6 Å². The van der Waals surface area contributed by atoms with E-state index in [4.69, 9.17) is 74.0 Å². The first-order chi connectivity index (χ1) is 63.4. The Kier molecular flexibility index (Phi) is 55.8. The predicted octanol–water partition coefficient (Wildman–Crippen LogP) is 2.38. The standard InChI is InChI=1S/C91H141N13O26S/c1-63(2)51-75(82(110)56-66(10-7-24-97-91(93)94)90(118)104-25-8-13-78(104)79(107)19-20-84(92)112)101-87(115)65(9-5-6-23-96-85(113)22-26-119-27-28-120-29-30-121-31-32-122-33-34-123-35-36-124-37-38-125-39-40-126-41-42-127-43-44-128-45-46-129-47-48-130-49-50-131)55-81(109)76(52-64-14-16-71(106)17-15-64)102-89(117)69(61-105)58-83(111)77(54-68-59-98-73-12-4-3-11-72(68)73)103-88(116)67(53-70-60-95-62-99-70)57-80(108)74-18-21-86(114)100-74/h3-4,11-12,14-17,59-60,62-63,65-67,69,74-78,98,105-106,131H,5-10,13,18-58,61H2,1-2H3,(H2,92,112)(H,95,99)(H,96,113)(H,100,114)(H,101,115)(H,102,117)(H,103,116)(H4,93,94,97)/t65-,66+,67+,69-,74?,75-,76-,77-,78?/m0/s1. The minimum atomic E-state index is -1.54. The van der Waals surface area contributed by atoms with Gasteiger partial charge in [-0.3, -0.25) is 62.5 Å². The summed E-state index contributed by atoms with van der Waals surface area (Å²) in [6.07, 6.45) is 4.18. The molecule has 0 saturated carbocycles. The maximum atomic E-state index is 15.3. The van der Waals surface area contributed by atoms with Gasteiger partial charge in [-0.1, -0.05) is 50.6 Å². The molecule has 0 aliphatic carbocycles. The van der Waals surface area contributed by atoms with E-state index in [2.05, 4.69) is 59.2 Å². The summed E-state index contributed by atoms with van der Waals surface area (Å²) in [7, 11) is 0. The van der Waals surface area contributed by atoms with Gasteiger partial charge in [0.2, 0.25) is 41.4 Å². The molecule has 39 nitrogen and oxygen atoms in total. The van der Waals surface area contributed by atoms with E-state index in [1.165, 1.54) is 41.7 Å². The number of nitrogens with zero attached hydrogens (tertiary/aromatic N) is 3. The van der Waals surface area contributed by atoms with Gasteiger partial charge in [0.1, 0.15) is 5.75 Å². The number of rotatable bonds is 79. The number of primary amides is 1. The second-order valence-corrected chi connectivity index (χ2v) is 33.0. The number of aliphatic hydroxyl groups excluding tert-OH is 1. The number of aromatic nitrogens is 3. The van der Waals surface area contributed by atoms with Crippen molar-refractivity contribution in [2.75, 3.05) is 191 Å². The van der Waals surface area contributed by atoms with Crippen molar-refractivity contribution in [3.63, 3.8) is 0 Å². The normalized spacial score (nSPS) is 15.4. The molecule has 2 aliphatic rings. The van der Waals surface area contributed by atoms with Crippen LogP contribution in [0.15, 0.2) is 72.2 Å². The van der Waals surface area contributed by atoms with Gasteiger partial charge >= 0.3 is 0 Å². The molecule has 0 bridgehead atoms. The summed E-state index contributed by atoms with van der Waals surface area (Å²) in [5.41, 5.74) is 19.0. The zero-order valence-corrected chi connectivity index (χ0v) is 76.9. The van der Waals surface area contributed by atoms with Crippen molar-refractivity contribution >= 4 is 99.8 Å². The van der Waals surface area contributed by atoms with Gasteiger partial charge < -0.3 is 126 Å². The predicted molar refractivity (Wildman–Crippen MR) is 485 cm³/mol. The molecule has 2 aliphatic heterocycles. The van der Waals surface area contributed by atoms with Crippen LogP contribution in [0.1, 0.15) is 140 Å². The topological polar surface area (TPSA) is 554 Å². The summed E-state index contributed by atoms with van der Waals surface area (Å²) < 4.78 is 66.3. The number of carbonyl (C=O) groups is 12. The highest BCUT2D eigenvalue weighted by Gasteiger charge is 2.41. The molecule has 9 atom stereocenters. The fraction of sp³-hybridized carbons (Fsp3) is 0.670. The van der Waals surface area contributed by atoms with Crippen molar-refractivity contribution in [3.05, 3.63) is 84.1 Å². The van der Waals surface area contributed by atoms with Crippen molar-refractivity contribution in [1.82, 2.24) is 46.4 Å². The van der Waals surface area contributed by atoms with E-state index in [1.807, 2.05) is 32.0 Å². The Labute approximate surface area is 771 Å². The third-order valence-electron chi connectivity index (χ3n) is 21.8. The summed E-state index contributed by atoms with van der Waals surface area (Å²) in [4.78, 5) is 185. The van der Waals surface area contributed by atoms with Crippen LogP contribution in [-0.4, -0.2) is 327 Å². The molecule has 2 fully saturated rings. The summed E-state index contributed by atoms with van der Waals surface area (Å²) in [6, 6.07) is 7.36. The number of carbonyl (C=O) groups excluding carboxylic acids is 12. The van der Waals surface area contributed by atoms with E-state index in [9.17, 15) is 58.2 Å². The van der Waals surface area contributed by atoms with Crippen LogP contribution >= 0.6 is 12.6 Å². The number of thiol groups is 1. The molecule has 7 amide bonds. The number of aromatic amines is 2. The number of aromatic hydroxyl groups is 1. The molecule has 2 aromatic carbocycles. The smallest absolute Gasteiger partial charge is 0.226 e. The molecule has 4 aromatic rings. The van der Waals surface area contributed by atoms with Crippen molar-refractivity contribution in [1.29, 1.82) is 0 Å². The maximum absolute atomic E-state index is 15.3. The van der Waals surface area contributed by atoms with Crippen LogP contribution in [0, 0.1) is 29.6 Å². The number of fused-ring (bicyclic) bond motifs is 1. The number of hydrogen-bond acceptors (Lipinski definition) is 29. The molecule has 0 radical (unpaired) electrons. The fourth-order valence-corrected chi connectivity index (χ4v) is 15.0. The molecule has 15 N–H and O–H groups in total. The zero-order chi connectivity index (χ0) is 94.6. The largest absolute Gasteiger partial charge is 0.508 e. The average Bonchev–Trinajstić information content (AvgIpc) is 1.72. The summed E-state index contributed by atoms with van der Waals surface area (Å²) >= 11 is 4.08. The number of amides is 7. The molecule has 40 heteroatoms. The number of imidazole rings is 1. The van der Waals surface area contributed by atoms with Crippen molar-refractivity contribution in [2.45, 2.75) is 172 Å². The third-order valence-corrected chi connectivity index (χ3v) is 22.0. The lowest BCUT2D eigenvalue weighted by molar-refractivity contribution is -0.143. The highest BCUT2D eigenvalue weighted by molar-refractivity contribution is 7.80. The maximum Gasteiger partial charge on any atom is 0.226 e. The highest BCUT2D eigenvalue weighted by atomic mass is 32.1. The van der Waals surface area contributed by atoms with E-state index >= 15 is 9.59 Å². The number of para-hydroxylation sites is 1. The number of nitrogens with two attached hydrogens (primary N) is 3. The number of guanidine groups is 1. The number of unbranched alkanes of at least 4 members (excludes halogenated alkanes) is 1. The van der Waals surface area contributed by atoms with Gasteiger partial charge in [0, 0.05) is 130 Å². The Morgan fingerprint density at radius 1 is 0.550 bits per heavy atom. The van der Waals surface area contributed by atoms with E-state index in [1.54, 1.807) is 12.3 Å². The van der Waals surface area contributed by atoms with Gasteiger partial charge in [-0.25, -0.2) is 4.98 Å². The summed E-state index contributed by atoms with van der Waals surface area (Å²) in [5, 5.41) is 36.2. The number of aliphatic hydroxyl groups is 1. The number of phenolic OH excluding ortho intramolecular Hbond substituents is 1. The first kappa shape index (κ1) is 110. The first-order valence-corrected chi connectivity index (χ1v) is 46.3. The van der Waals surface area contributed by atoms with E-state index in [0.717, 1.165) is 10.9 Å². The second kappa shape index (κ2) is 66.2. The van der Waals surface area contributed by atoms with Crippen molar-refractivity contribution in [2.24, 2.45) is 51.8 Å². The lowest BCUT2D eigenvalue weighted by atomic mass is 9.87. The Hall–Kier alpha value is -9.27. The molecule has 0 spiro atoms. The number of nitrogens with one attached hydrogen (secondary N) is 7. The molecule has 2 unspecified atom stereocenters. The summed E-state index contributed by atoms with van der Waals surface area (Å²) in [5.74, 6) is -11.4.